The van der Waals surface area contributed by atoms with Gasteiger partial charge in [-0.2, -0.15) is 0 Å². The normalized spacial score (nSPS) is 8.62. The van der Waals surface area contributed by atoms with Crippen LogP contribution in [0, 0.1) is 0 Å². The molecule has 5 heteroatoms. The van der Waals surface area contributed by atoms with Crippen molar-refractivity contribution in [1.29, 1.82) is 0 Å². The zero-order valence-electron chi connectivity index (χ0n) is 8.21. The summed E-state index contributed by atoms with van der Waals surface area (Å²) in [6.07, 6.45) is 8.82. The molecule has 0 N–H and O–H groups in total. The Bertz CT molecular complexity index is 216. The molecule has 0 aromatic carbocycles. The van der Waals surface area contributed by atoms with Gasteiger partial charge in [0.25, 0.3) is 0 Å². The van der Waals surface area contributed by atoms with Crippen molar-refractivity contribution < 1.29 is 19.7 Å². The van der Waals surface area contributed by atoms with Crippen molar-refractivity contribution in [2.75, 3.05) is 0 Å². The third-order valence-corrected chi connectivity index (χ3v) is 1.59. The number of aromatic nitrogens is 2. The second-order valence-corrected chi connectivity index (χ2v) is 7.39. The van der Waals surface area contributed by atoms with Crippen molar-refractivity contribution in [3.05, 3.63) is 18.7 Å². The van der Waals surface area contributed by atoms with Crippen LogP contribution in [-0.4, -0.2) is 4.57 Å². The van der Waals surface area contributed by atoms with E-state index in [-0.39, 0.29) is 0 Å². The molecule has 2 nitrogen and oxygen atoms in total. The van der Waals surface area contributed by atoms with Crippen molar-refractivity contribution in [1.82, 2.24) is 4.57 Å². The van der Waals surface area contributed by atoms with Gasteiger partial charge in [-0.05, 0) is 6.42 Å². The summed E-state index contributed by atoms with van der Waals surface area (Å²) < 4.78 is 4.28. The first kappa shape index (κ1) is 13.4. The first-order chi connectivity index (χ1) is 6.24. The van der Waals surface area contributed by atoms with E-state index in [4.69, 9.17) is 19.4 Å². The molecule has 1 aromatic heterocycles. The average molecular weight is 276 g/mol. The monoisotopic (exact) mass is 273 g/mol. The predicted octanol–water partition coefficient (Wildman–Crippen LogP) is 2.49. The van der Waals surface area contributed by atoms with Crippen molar-refractivity contribution in [2.24, 2.45) is 7.05 Å². The van der Waals surface area contributed by atoms with E-state index in [1.807, 2.05) is 7.05 Å². The van der Waals surface area contributed by atoms with Crippen LogP contribution in [0.5, 0.6) is 0 Å². The molecule has 13 heavy (non-hydrogen) atoms. The molecule has 0 radical (unpaired) electrons. The Morgan fingerprint density at radius 2 is 2.08 bits per heavy atom. The molecule has 1 rings (SSSR count). The Balaban J connectivity index is 0.000000424. The molecule has 0 unspecified atom stereocenters. The van der Waals surface area contributed by atoms with E-state index in [1.165, 1.54) is 12.8 Å². The van der Waals surface area contributed by atoms with Crippen LogP contribution < -0.4 is 4.57 Å². The van der Waals surface area contributed by atoms with E-state index < -0.39 is 15.1 Å². The fraction of sp³-hybridized carbons (Fsp3) is 0.625. The van der Waals surface area contributed by atoms with Crippen LogP contribution in [-0.2, 0) is 28.7 Å². The minimum atomic E-state index is -0.931. The van der Waals surface area contributed by atoms with Crippen LogP contribution in [0.15, 0.2) is 18.7 Å². The minimum absolute atomic E-state index is 0.931. The van der Waals surface area contributed by atoms with Crippen LogP contribution in [0.2, 0.25) is 0 Å². The predicted molar refractivity (Wildman–Crippen MR) is 52.2 cm³/mol. The molecule has 0 aliphatic heterocycles. The molecule has 1 aromatic rings. The molecule has 0 amide bonds. The van der Waals surface area contributed by atoms with Crippen LogP contribution in [0.25, 0.3) is 0 Å². The molecule has 0 bridgehead atoms. The van der Waals surface area contributed by atoms with Gasteiger partial charge in [0.15, 0.2) is 0 Å². The SMILES string of the molecule is CCCCn1cc[n+](C)c1.[Cl][Zn][Cl]. The van der Waals surface area contributed by atoms with E-state index >= 15 is 0 Å². The quantitative estimate of drug-likeness (QED) is 0.592. The summed E-state index contributed by atoms with van der Waals surface area (Å²) in [7, 11) is 11.9. The number of aryl methyl sites for hydroxylation is 2. The molecular weight excluding hydrogens is 260 g/mol. The van der Waals surface area contributed by atoms with Crippen molar-refractivity contribution in [3.63, 3.8) is 0 Å². The van der Waals surface area contributed by atoms with Crippen LogP contribution in [0.1, 0.15) is 19.8 Å². The Labute approximate surface area is 95.5 Å². The van der Waals surface area contributed by atoms with E-state index in [2.05, 4.69) is 34.8 Å². The zero-order chi connectivity index (χ0) is 10.1. The first-order valence-corrected chi connectivity index (χ1v) is 12.2. The summed E-state index contributed by atoms with van der Waals surface area (Å²) in [5.41, 5.74) is 0. The van der Waals surface area contributed by atoms with Gasteiger partial charge in [0.05, 0.1) is 13.6 Å². The number of halogens is 2. The maximum absolute atomic E-state index is 4.95. The van der Waals surface area contributed by atoms with E-state index in [1.54, 1.807) is 0 Å². The van der Waals surface area contributed by atoms with Gasteiger partial charge in [-0.1, -0.05) is 13.3 Å². The standard InChI is InChI=1S/C8H15N2.2ClH.Zn/c1-3-4-5-10-7-6-9(2)8-10;;;/h6-8H,3-5H2,1-2H3;2*1H;/q+1;;;+2/p-2. The van der Waals surface area contributed by atoms with Gasteiger partial charge in [0, 0.05) is 0 Å². The summed E-state index contributed by atoms with van der Waals surface area (Å²) in [5, 5.41) is 0. The fourth-order valence-corrected chi connectivity index (χ4v) is 0.975. The Morgan fingerprint density at radius 3 is 2.46 bits per heavy atom. The number of hydrogen-bond donors (Lipinski definition) is 0. The zero-order valence-corrected chi connectivity index (χ0v) is 12.7. The molecule has 0 aliphatic carbocycles. The second-order valence-electron chi connectivity index (χ2n) is 2.77. The molecular formula is C8H15Cl2N2Zn+. The summed E-state index contributed by atoms with van der Waals surface area (Å²) in [4.78, 5) is 0. The van der Waals surface area contributed by atoms with Gasteiger partial charge in [-0.25, -0.2) is 9.13 Å². The van der Waals surface area contributed by atoms with Crippen molar-refractivity contribution in [3.8, 4) is 0 Å². The van der Waals surface area contributed by atoms with Crippen LogP contribution >= 0.6 is 19.4 Å². The van der Waals surface area contributed by atoms with Crippen molar-refractivity contribution >= 4 is 19.4 Å². The summed E-state index contributed by atoms with van der Waals surface area (Å²) in [6.45, 7) is 3.36. The molecule has 1 heterocycles. The Kier molecular flexibility index (Phi) is 9.27. The summed E-state index contributed by atoms with van der Waals surface area (Å²) >= 11 is -0.931. The van der Waals surface area contributed by atoms with E-state index in [0.717, 1.165) is 6.54 Å². The van der Waals surface area contributed by atoms with Gasteiger partial charge >= 0.3 is 34.5 Å². The molecule has 0 fully saturated rings. The van der Waals surface area contributed by atoms with E-state index in [0.29, 0.717) is 0 Å². The molecule has 0 saturated carbocycles. The summed E-state index contributed by atoms with van der Waals surface area (Å²) in [5.74, 6) is 0. The number of unbranched alkanes of at least 4 members (excludes halogenated alkanes) is 1. The van der Waals surface area contributed by atoms with Crippen LogP contribution in [0.3, 0.4) is 0 Å². The van der Waals surface area contributed by atoms with Gasteiger partial charge in [0.2, 0.25) is 6.33 Å². The molecule has 0 spiro atoms. The van der Waals surface area contributed by atoms with E-state index in [9.17, 15) is 0 Å². The third-order valence-electron chi connectivity index (χ3n) is 1.59. The van der Waals surface area contributed by atoms with Gasteiger partial charge < -0.3 is 0 Å². The maximum atomic E-state index is 4.95. The second kappa shape index (κ2) is 8.99. The number of nitrogens with zero attached hydrogens (tertiary/aromatic N) is 2. The molecule has 0 saturated heterocycles. The summed E-state index contributed by atoms with van der Waals surface area (Å²) in [6, 6.07) is 0. The number of imidazole rings is 1. The Hall–Kier alpha value is 0.413. The first-order valence-electron chi connectivity index (χ1n) is 4.37. The molecule has 72 valence electrons. The van der Waals surface area contributed by atoms with Crippen molar-refractivity contribution in [2.45, 2.75) is 26.3 Å². The molecule has 0 aliphatic rings. The topological polar surface area (TPSA) is 8.81 Å². The van der Waals surface area contributed by atoms with Gasteiger partial charge in [-0.15, -0.1) is 0 Å². The number of hydrogen-bond acceptors (Lipinski definition) is 0. The van der Waals surface area contributed by atoms with Crippen LogP contribution in [0.4, 0.5) is 0 Å². The van der Waals surface area contributed by atoms with Gasteiger partial charge in [-0.3, -0.25) is 0 Å². The third kappa shape index (κ3) is 7.48. The van der Waals surface area contributed by atoms with Gasteiger partial charge in [0.1, 0.15) is 12.4 Å². The fourth-order valence-electron chi connectivity index (χ4n) is 0.975. The molecule has 0 atom stereocenters. The Morgan fingerprint density at radius 1 is 1.46 bits per heavy atom. The number of rotatable bonds is 3. The average Bonchev–Trinajstić information content (AvgIpc) is 2.49.